The molecule has 3 aliphatic heterocycles. The van der Waals surface area contributed by atoms with Crippen LogP contribution in [0.25, 0.3) is 0 Å². The van der Waals surface area contributed by atoms with Crippen molar-refractivity contribution in [2.45, 2.75) is 70.3 Å². The molecule has 0 unspecified atom stereocenters. The average Bonchev–Trinajstić information content (AvgIpc) is 3.15. The van der Waals surface area contributed by atoms with Crippen molar-refractivity contribution in [3.63, 3.8) is 0 Å². The van der Waals surface area contributed by atoms with Gasteiger partial charge >= 0.3 is 5.97 Å². The first-order valence-corrected chi connectivity index (χ1v) is 14.1. The second-order valence-corrected chi connectivity index (χ2v) is 12.4. The molecule has 1 saturated carbocycles. The van der Waals surface area contributed by atoms with E-state index in [1.807, 2.05) is 58.2 Å². The number of non-ortho nitro benzene ring substituents is 1. The lowest BCUT2D eigenvalue weighted by Crippen LogP contribution is -3.00. The van der Waals surface area contributed by atoms with E-state index in [0.717, 1.165) is 24.1 Å². The molecule has 9 nitrogen and oxygen atoms in total. The third-order valence-corrected chi connectivity index (χ3v) is 8.73. The molecule has 1 aliphatic carbocycles. The number of hydrogen-bond acceptors (Lipinski definition) is 6. The second-order valence-electron chi connectivity index (χ2n) is 12.4. The summed E-state index contributed by atoms with van der Waals surface area (Å²) in [7, 11) is 2.01. The van der Waals surface area contributed by atoms with Gasteiger partial charge in [-0.3, -0.25) is 24.6 Å². The first kappa shape index (κ1) is 31.1. The molecule has 10 heteroatoms. The smallest absolute Gasteiger partial charge is 0.306 e. The van der Waals surface area contributed by atoms with Gasteiger partial charge in [0.25, 0.3) is 17.1 Å². The molecule has 4 bridgehead atoms. The number of carbonyl (C=O) groups excluding carboxylic acids is 2. The topological polar surface area (TPSA) is 105 Å². The molecule has 41 heavy (non-hydrogen) atoms. The highest BCUT2D eigenvalue weighted by molar-refractivity contribution is 5.89. The Balaban J connectivity index is 0.00000387. The monoisotopic (exact) mass is 674 g/mol. The maximum Gasteiger partial charge on any atom is 0.306 e. The van der Waals surface area contributed by atoms with E-state index in [4.69, 9.17) is 4.74 Å². The molecule has 2 aromatic rings. The number of rotatable bonds is 9. The number of nitrogens with zero attached hydrogens (tertiary/aromatic N) is 3. The minimum atomic E-state index is -0.761. The summed E-state index contributed by atoms with van der Waals surface area (Å²) in [4.78, 5) is 40.1. The van der Waals surface area contributed by atoms with Crippen molar-refractivity contribution < 1.29 is 47.8 Å². The van der Waals surface area contributed by atoms with Crippen LogP contribution < -0.4 is 29.3 Å². The summed E-state index contributed by atoms with van der Waals surface area (Å²) in [6.07, 6.45) is 4.01. The highest BCUT2D eigenvalue weighted by atomic mass is 127. The van der Waals surface area contributed by atoms with Crippen LogP contribution in [0.3, 0.4) is 0 Å². The fraction of sp³-hybridized carbons (Fsp3) is 0.516. The van der Waals surface area contributed by atoms with Gasteiger partial charge in [0.2, 0.25) is 0 Å². The predicted octanol–water partition coefficient (Wildman–Crippen LogP) is 0.939. The molecule has 3 heterocycles. The lowest BCUT2D eigenvalue weighted by atomic mass is 9.59. The Morgan fingerprint density at radius 2 is 1.80 bits per heavy atom. The number of ether oxygens (including phenoxy) is 1. The van der Waals surface area contributed by atoms with Crippen LogP contribution in [0.1, 0.15) is 51.2 Å². The predicted molar refractivity (Wildman–Crippen MR) is 151 cm³/mol. The Morgan fingerprint density at radius 3 is 2.44 bits per heavy atom. The highest BCUT2D eigenvalue weighted by Gasteiger charge is 2.73. The van der Waals surface area contributed by atoms with E-state index < -0.39 is 16.1 Å². The van der Waals surface area contributed by atoms with E-state index in [0.29, 0.717) is 25.9 Å². The van der Waals surface area contributed by atoms with Crippen LogP contribution in [0.2, 0.25) is 0 Å². The first-order chi connectivity index (χ1) is 19.0. The summed E-state index contributed by atoms with van der Waals surface area (Å²) in [5.74, 6) is 0.276. The molecule has 5 atom stereocenters. The Hall–Kier alpha value is -2.86. The number of amides is 1. The Morgan fingerprint density at radius 1 is 1.12 bits per heavy atom. The summed E-state index contributed by atoms with van der Waals surface area (Å²) in [5.41, 5.74) is 0.757. The van der Waals surface area contributed by atoms with E-state index in [1.165, 1.54) is 12.1 Å². The lowest BCUT2D eigenvalue weighted by molar-refractivity contribution is -0.591. The van der Waals surface area contributed by atoms with Gasteiger partial charge in [-0.2, -0.15) is 0 Å². The quantitative estimate of drug-likeness (QED) is 0.140. The zero-order chi connectivity index (χ0) is 28.7. The van der Waals surface area contributed by atoms with Gasteiger partial charge in [0, 0.05) is 50.0 Å². The molecular weight excluding hydrogens is 635 g/mol. The number of nitro groups is 1. The minimum Gasteiger partial charge on any atom is -1.00 e. The van der Waals surface area contributed by atoms with Crippen LogP contribution in [-0.4, -0.2) is 63.3 Å². The van der Waals surface area contributed by atoms with Gasteiger partial charge in [-0.15, -0.1) is 0 Å². The average molecular weight is 675 g/mol. The summed E-state index contributed by atoms with van der Waals surface area (Å²) in [6, 6.07) is 16.5. The number of esters is 1. The SMILES string of the molecule is C[N+]1=C[C@@H]2C[C@H]3CN(Cc4ccc([N+](=O)[O-])cc4)[C@@H]([C@@H]2CCC(=O)OC(C)(C)C)[C@]31C(=O)NCc1ccccc1.[I-]. The van der Waals surface area contributed by atoms with Gasteiger partial charge in [-0.25, -0.2) is 4.58 Å². The number of hydrogen-bond donors (Lipinski definition) is 1. The molecule has 0 spiro atoms. The number of nitrogens with one attached hydrogen (secondary N) is 1. The van der Waals surface area contributed by atoms with Crippen molar-refractivity contribution in [3.05, 3.63) is 75.8 Å². The van der Waals surface area contributed by atoms with E-state index in [1.54, 1.807) is 12.1 Å². The first-order valence-electron chi connectivity index (χ1n) is 14.1. The van der Waals surface area contributed by atoms with Crippen LogP contribution in [0, 0.1) is 27.9 Å². The minimum absolute atomic E-state index is 0. The largest absolute Gasteiger partial charge is 1.00 e. The van der Waals surface area contributed by atoms with Crippen molar-refractivity contribution >= 4 is 23.8 Å². The van der Waals surface area contributed by atoms with Crippen LogP contribution in [0.4, 0.5) is 5.69 Å². The van der Waals surface area contributed by atoms with Crippen molar-refractivity contribution in [3.8, 4) is 0 Å². The van der Waals surface area contributed by atoms with Crippen LogP contribution in [-0.2, 0) is 27.4 Å². The normalized spacial score (nSPS) is 26.6. The standard InChI is InChI=1S/C31H38N4O5.HI/c1-30(2,3)40-27(36)15-14-26-23-16-24-20-34(18-22-10-12-25(13-11-22)35(38)39)28(26)31(24,33(4)19-23)29(37)32-17-21-8-6-5-7-9-21;/h5-13,19,23-24,26,28H,14-18,20H2,1-4H3;1H/t23-,24-,26+,28-,31-;/m0./s1. The molecule has 1 amide bonds. The third kappa shape index (κ3) is 6.18. The summed E-state index contributed by atoms with van der Waals surface area (Å²) in [5, 5.41) is 14.4. The summed E-state index contributed by atoms with van der Waals surface area (Å²) < 4.78 is 7.75. The van der Waals surface area contributed by atoms with Gasteiger partial charge in [-0.05, 0) is 50.7 Å². The van der Waals surface area contributed by atoms with E-state index in [-0.39, 0.29) is 65.3 Å². The second kappa shape index (κ2) is 12.2. The fourth-order valence-corrected chi connectivity index (χ4v) is 7.29. The van der Waals surface area contributed by atoms with Gasteiger partial charge in [0.1, 0.15) is 18.9 Å². The maximum absolute atomic E-state index is 14.2. The van der Waals surface area contributed by atoms with Crippen molar-refractivity contribution in [2.24, 2.45) is 17.8 Å². The van der Waals surface area contributed by atoms with E-state index in [2.05, 4.69) is 21.0 Å². The van der Waals surface area contributed by atoms with Gasteiger partial charge in [0.15, 0.2) is 0 Å². The zero-order valence-electron chi connectivity index (χ0n) is 24.1. The summed E-state index contributed by atoms with van der Waals surface area (Å²) >= 11 is 0. The van der Waals surface area contributed by atoms with Crippen LogP contribution in [0.5, 0.6) is 0 Å². The fourth-order valence-electron chi connectivity index (χ4n) is 7.29. The number of carbonyl (C=O) groups is 2. The molecule has 1 saturated heterocycles. The Labute approximate surface area is 258 Å². The third-order valence-electron chi connectivity index (χ3n) is 8.73. The zero-order valence-corrected chi connectivity index (χ0v) is 26.2. The molecular formula is C31H39IN4O5. The van der Waals surface area contributed by atoms with Crippen molar-refractivity contribution in [1.82, 2.24) is 10.2 Å². The van der Waals surface area contributed by atoms with Gasteiger partial charge < -0.3 is 34.0 Å². The number of likely N-dealkylation sites (tertiary alicyclic amines) is 1. The van der Waals surface area contributed by atoms with Crippen LogP contribution >= 0.6 is 0 Å². The number of likely N-dealkylation sites (N-methyl/N-ethyl adjacent to an activating group) is 1. The van der Waals surface area contributed by atoms with Crippen molar-refractivity contribution in [1.29, 1.82) is 0 Å². The van der Waals surface area contributed by atoms with Crippen molar-refractivity contribution in [2.75, 3.05) is 13.6 Å². The molecule has 220 valence electrons. The maximum atomic E-state index is 14.2. The van der Waals surface area contributed by atoms with Gasteiger partial charge in [-0.1, -0.05) is 42.5 Å². The molecule has 2 fully saturated rings. The highest BCUT2D eigenvalue weighted by Crippen LogP contribution is 2.54. The molecule has 2 aromatic carbocycles. The van der Waals surface area contributed by atoms with E-state index in [9.17, 15) is 19.7 Å². The van der Waals surface area contributed by atoms with Gasteiger partial charge in [0.05, 0.1) is 11.0 Å². The Kier molecular flexibility index (Phi) is 9.22. The molecule has 4 aliphatic rings. The molecule has 6 rings (SSSR count). The van der Waals surface area contributed by atoms with Crippen LogP contribution in [0.15, 0.2) is 54.6 Å². The van der Waals surface area contributed by atoms with E-state index >= 15 is 0 Å². The number of halogens is 1. The number of benzene rings is 2. The Bertz CT molecular complexity index is 1310. The molecule has 0 aromatic heterocycles. The summed E-state index contributed by atoms with van der Waals surface area (Å²) in [6.45, 7) is 7.39. The molecule has 1 N–H and O–H groups in total. The lowest BCUT2D eigenvalue weighted by Gasteiger charge is -2.49. The number of nitro benzene ring substituents is 1. The molecule has 0 radical (unpaired) electrons.